The van der Waals surface area contributed by atoms with Crippen molar-refractivity contribution in [3.63, 3.8) is 0 Å². The van der Waals surface area contributed by atoms with Crippen LogP contribution in [0.25, 0.3) is 5.70 Å². The van der Waals surface area contributed by atoms with E-state index in [9.17, 15) is 4.79 Å². The predicted octanol–water partition coefficient (Wildman–Crippen LogP) is 2.54. The summed E-state index contributed by atoms with van der Waals surface area (Å²) >= 11 is 0. The largest absolute Gasteiger partial charge is 0.379 e. The smallest absolute Gasteiger partial charge is 0.154 e. The van der Waals surface area contributed by atoms with Crippen LogP contribution in [0.5, 0.6) is 0 Å². The van der Waals surface area contributed by atoms with Crippen molar-refractivity contribution >= 4 is 11.5 Å². The van der Waals surface area contributed by atoms with Gasteiger partial charge in [0.05, 0.1) is 0 Å². The maximum Gasteiger partial charge on any atom is 0.154 e. The Morgan fingerprint density at radius 3 is 2.75 bits per heavy atom. The SMILES string of the molecule is CC(=O)C=C1NC(C)(C)Cc2ccccc21. The molecule has 0 unspecified atom stereocenters. The van der Waals surface area contributed by atoms with Gasteiger partial charge >= 0.3 is 0 Å². The molecule has 0 fully saturated rings. The van der Waals surface area contributed by atoms with E-state index in [2.05, 4.69) is 31.3 Å². The van der Waals surface area contributed by atoms with Gasteiger partial charge in [-0.25, -0.2) is 0 Å². The van der Waals surface area contributed by atoms with Gasteiger partial charge in [-0.2, -0.15) is 0 Å². The Labute approximate surface area is 96.4 Å². The van der Waals surface area contributed by atoms with E-state index in [1.165, 1.54) is 5.56 Å². The first-order valence-electron chi connectivity index (χ1n) is 5.57. The Morgan fingerprint density at radius 1 is 1.38 bits per heavy atom. The molecule has 84 valence electrons. The third kappa shape index (κ3) is 2.16. The highest BCUT2D eigenvalue weighted by Gasteiger charge is 2.27. The van der Waals surface area contributed by atoms with Crippen molar-refractivity contribution in [2.75, 3.05) is 0 Å². The molecule has 2 heteroatoms. The molecular formula is C14H17NO. The van der Waals surface area contributed by atoms with E-state index in [4.69, 9.17) is 0 Å². The number of fused-ring (bicyclic) bond motifs is 1. The number of hydrogen-bond acceptors (Lipinski definition) is 2. The minimum atomic E-state index is 0.00956. The molecule has 0 aliphatic carbocycles. The van der Waals surface area contributed by atoms with Gasteiger partial charge in [0.1, 0.15) is 0 Å². The van der Waals surface area contributed by atoms with Crippen molar-refractivity contribution in [3.05, 3.63) is 41.5 Å². The summed E-state index contributed by atoms with van der Waals surface area (Å²) in [6.45, 7) is 5.88. The molecule has 1 N–H and O–H groups in total. The van der Waals surface area contributed by atoms with E-state index in [0.29, 0.717) is 0 Å². The van der Waals surface area contributed by atoms with Crippen LogP contribution in [0.2, 0.25) is 0 Å². The van der Waals surface area contributed by atoms with E-state index in [-0.39, 0.29) is 11.3 Å². The van der Waals surface area contributed by atoms with Crippen molar-refractivity contribution < 1.29 is 4.79 Å². The Bertz CT molecular complexity index is 458. The number of ketones is 1. The molecule has 0 amide bonds. The summed E-state index contributed by atoms with van der Waals surface area (Å²) in [5, 5.41) is 3.42. The summed E-state index contributed by atoms with van der Waals surface area (Å²) in [6.07, 6.45) is 2.66. The highest BCUT2D eigenvalue weighted by atomic mass is 16.1. The topological polar surface area (TPSA) is 29.1 Å². The fourth-order valence-electron chi connectivity index (χ4n) is 2.21. The van der Waals surface area contributed by atoms with Crippen LogP contribution in [0.3, 0.4) is 0 Å². The van der Waals surface area contributed by atoms with E-state index in [1.54, 1.807) is 13.0 Å². The molecular weight excluding hydrogens is 198 g/mol. The molecule has 0 radical (unpaired) electrons. The van der Waals surface area contributed by atoms with E-state index in [1.807, 2.05) is 12.1 Å². The molecule has 1 aliphatic heterocycles. The van der Waals surface area contributed by atoms with Gasteiger partial charge in [0.25, 0.3) is 0 Å². The van der Waals surface area contributed by atoms with Crippen LogP contribution in [0.1, 0.15) is 31.9 Å². The van der Waals surface area contributed by atoms with Crippen LogP contribution >= 0.6 is 0 Å². The molecule has 0 atom stereocenters. The Hall–Kier alpha value is -1.57. The molecule has 1 aromatic carbocycles. The highest BCUT2D eigenvalue weighted by molar-refractivity contribution is 5.95. The van der Waals surface area contributed by atoms with Crippen LogP contribution in [0.4, 0.5) is 0 Å². The molecule has 1 heterocycles. The van der Waals surface area contributed by atoms with Crippen molar-refractivity contribution in [2.45, 2.75) is 32.7 Å². The van der Waals surface area contributed by atoms with Gasteiger partial charge in [-0.3, -0.25) is 4.79 Å². The minimum Gasteiger partial charge on any atom is -0.379 e. The first-order chi connectivity index (χ1) is 7.48. The average molecular weight is 215 g/mol. The zero-order valence-corrected chi connectivity index (χ0v) is 10.0. The second-order valence-corrected chi connectivity index (χ2v) is 5.01. The second kappa shape index (κ2) is 3.78. The molecule has 0 spiro atoms. The highest BCUT2D eigenvalue weighted by Crippen LogP contribution is 2.29. The van der Waals surface area contributed by atoms with Crippen molar-refractivity contribution in [1.82, 2.24) is 5.32 Å². The van der Waals surface area contributed by atoms with Crippen LogP contribution < -0.4 is 5.32 Å². The summed E-state index contributed by atoms with van der Waals surface area (Å²) < 4.78 is 0. The van der Waals surface area contributed by atoms with E-state index in [0.717, 1.165) is 17.7 Å². The van der Waals surface area contributed by atoms with Crippen LogP contribution in [-0.2, 0) is 11.2 Å². The summed E-state index contributed by atoms with van der Waals surface area (Å²) in [4.78, 5) is 11.2. The van der Waals surface area contributed by atoms with Crippen LogP contribution in [0.15, 0.2) is 30.3 Å². The molecule has 0 aromatic heterocycles. The van der Waals surface area contributed by atoms with E-state index >= 15 is 0 Å². The lowest BCUT2D eigenvalue weighted by Crippen LogP contribution is -2.43. The maximum atomic E-state index is 11.2. The summed E-state index contributed by atoms with van der Waals surface area (Å²) in [7, 11) is 0. The molecule has 1 aromatic rings. The molecule has 2 nitrogen and oxygen atoms in total. The normalized spacial score (nSPS) is 20.1. The third-order valence-corrected chi connectivity index (χ3v) is 2.76. The zero-order chi connectivity index (χ0) is 11.8. The molecule has 0 bridgehead atoms. The number of hydrogen-bond donors (Lipinski definition) is 1. The molecule has 0 saturated heterocycles. The van der Waals surface area contributed by atoms with Crippen molar-refractivity contribution in [3.8, 4) is 0 Å². The molecule has 16 heavy (non-hydrogen) atoms. The first-order valence-corrected chi connectivity index (χ1v) is 5.57. The van der Waals surface area contributed by atoms with Gasteiger partial charge < -0.3 is 5.32 Å². The first kappa shape index (κ1) is 10.9. The fraction of sp³-hybridized carbons (Fsp3) is 0.357. The van der Waals surface area contributed by atoms with Crippen LogP contribution in [-0.4, -0.2) is 11.3 Å². The summed E-state index contributed by atoms with van der Waals surface area (Å²) in [5.74, 6) is 0.0787. The van der Waals surface area contributed by atoms with Gasteiger partial charge in [-0.1, -0.05) is 24.3 Å². The lowest BCUT2D eigenvalue weighted by molar-refractivity contribution is -0.112. The Morgan fingerprint density at radius 2 is 2.06 bits per heavy atom. The number of nitrogens with one attached hydrogen (secondary N) is 1. The standard InChI is InChI=1S/C14H17NO/c1-10(16)8-13-12-7-5-4-6-11(12)9-14(2,3)15-13/h4-8,15H,9H2,1-3H3. The fourth-order valence-corrected chi connectivity index (χ4v) is 2.21. The van der Waals surface area contributed by atoms with Gasteiger partial charge in [-0.05, 0) is 32.8 Å². The molecule has 1 aliphatic rings. The number of rotatable bonds is 1. The van der Waals surface area contributed by atoms with Gasteiger partial charge in [0.15, 0.2) is 5.78 Å². The van der Waals surface area contributed by atoms with Crippen molar-refractivity contribution in [1.29, 1.82) is 0 Å². The predicted molar refractivity (Wildman–Crippen MR) is 66.0 cm³/mol. The molecule has 0 saturated carbocycles. The minimum absolute atomic E-state index is 0.00956. The summed E-state index contributed by atoms with van der Waals surface area (Å²) in [6, 6.07) is 8.25. The monoisotopic (exact) mass is 215 g/mol. The molecule has 2 rings (SSSR count). The van der Waals surface area contributed by atoms with E-state index < -0.39 is 0 Å². The summed E-state index contributed by atoms with van der Waals surface area (Å²) in [5.41, 5.74) is 3.41. The zero-order valence-electron chi connectivity index (χ0n) is 10.0. The quantitative estimate of drug-likeness (QED) is 0.729. The van der Waals surface area contributed by atoms with Gasteiger partial charge in [0, 0.05) is 22.9 Å². The Kier molecular flexibility index (Phi) is 2.58. The van der Waals surface area contributed by atoms with Gasteiger partial charge in [-0.15, -0.1) is 0 Å². The number of carbonyl (C=O) groups is 1. The third-order valence-electron chi connectivity index (χ3n) is 2.76. The number of benzene rings is 1. The van der Waals surface area contributed by atoms with Crippen LogP contribution in [0, 0.1) is 0 Å². The van der Waals surface area contributed by atoms with Crippen molar-refractivity contribution in [2.24, 2.45) is 0 Å². The lowest BCUT2D eigenvalue weighted by atomic mass is 9.86. The Balaban J connectivity index is 2.52. The number of carbonyl (C=O) groups excluding carboxylic acids is 1. The second-order valence-electron chi connectivity index (χ2n) is 5.01. The lowest BCUT2D eigenvalue weighted by Gasteiger charge is -2.35. The maximum absolute atomic E-state index is 11.2. The average Bonchev–Trinajstić information content (AvgIpc) is 2.14. The number of allylic oxidation sites excluding steroid dienone is 1. The van der Waals surface area contributed by atoms with Gasteiger partial charge in [0.2, 0.25) is 0 Å².